The lowest BCUT2D eigenvalue weighted by atomic mass is 10.2. The zero-order valence-corrected chi connectivity index (χ0v) is 10.5. The molecule has 0 saturated carbocycles. The Morgan fingerprint density at radius 3 is 2.78 bits per heavy atom. The smallest absolute Gasteiger partial charge is 0.123 e. The molecule has 0 saturated heterocycles. The van der Waals surface area contributed by atoms with Gasteiger partial charge in [-0.15, -0.1) is 0 Å². The monoisotopic (exact) mass is 244 g/mol. The van der Waals surface area contributed by atoms with Crippen LogP contribution in [-0.4, -0.2) is 23.5 Å². The van der Waals surface area contributed by atoms with Crippen LogP contribution in [0.2, 0.25) is 0 Å². The Morgan fingerprint density at radius 1 is 1.17 bits per heavy atom. The van der Waals surface area contributed by atoms with Crippen LogP contribution in [0.1, 0.15) is 11.3 Å². The van der Waals surface area contributed by atoms with E-state index in [1.54, 1.807) is 12.1 Å². The molecule has 2 rings (SSSR count). The number of hydrogen-bond donors (Lipinski definition) is 0. The SMILES string of the molecule is CN(CCc1ccccn1)Cc1cccc(F)c1. The van der Waals surface area contributed by atoms with Gasteiger partial charge in [0.25, 0.3) is 0 Å². The third kappa shape index (κ3) is 3.93. The fourth-order valence-corrected chi connectivity index (χ4v) is 1.88. The van der Waals surface area contributed by atoms with Crippen molar-refractivity contribution in [2.75, 3.05) is 13.6 Å². The average Bonchev–Trinajstić information content (AvgIpc) is 2.38. The average molecular weight is 244 g/mol. The third-order valence-electron chi connectivity index (χ3n) is 2.82. The number of pyridine rings is 1. The highest BCUT2D eigenvalue weighted by molar-refractivity contribution is 5.16. The summed E-state index contributed by atoms with van der Waals surface area (Å²) >= 11 is 0. The number of nitrogens with zero attached hydrogens (tertiary/aromatic N) is 2. The molecule has 0 N–H and O–H groups in total. The van der Waals surface area contributed by atoms with Gasteiger partial charge in [-0.05, 0) is 36.9 Å². The fraction of sp³-hybridized carbons (Fsp3) is 0.267. The molecule has 1 aromatic carbocycles. The maximum atomic E-state index is 13.0. The number of benzene rings is 1. The maximum Gasteiger partial charge on any atom is 0.123 e. The van der Waals surface area contributed by atoms with Gasteiger partial charge >= 0.3 is 0 Å². The van der Waals surface area contributed by atoms with Gasteiger partial charge in [-0.2, -0.15) is 0 Å². The molecule has 3 heteroatoms. The van der Waals surface area contributed by atoms with E-state index in [2.05, 4.69) is 9.88 Å². The van der Waals surface area contributed by atoms with Crippen molar-refractivity contribution in [2.45, 2.75) is 13.0 Å². The van der Waals surface area contributed by atoms with Crippen molar-refractivity contribution < 1.29 is 4.39 Å². The Hall–Kier alpha value is -1.74. The largest absolute Gasteiger partial charge is 0.302 e. The van der Waals surface area contributed by atoms with Crippen LogP contribution in [0, 0.1) is 5.82 Å². The van der Waals surface area contributed by atoms with Crippen molar-refractivity contribution >= 4 is 0 Å². The first kappa shape index (κ1) is 12.7. The lowest BCUT2D eigenvalue weighted by Gasteiger charge is -2.16. The first-order chi connectivity index (χ1) is 8.74. The van der Waals surface area contributed by atoms with Gasteiger partial charge < -0.3 is 4.90 Å². The molecule has 1 aromatic heterocycles. The topological polar surface area (TPSA) is 16.1 Å². The van der Waals surface area contributed by atoms with Crippen molar-refractivity contribution in [3.05, 3.63) is 65.7 Å². The molecule has 0 aliphatic heterocycles. The van der Waals surface area contributed by atoms with Gasteiger partial charge in [0.05, 0.1) is 0 Å². The molecule has 0 atom stereocenters. The van der Waals surface area contributed by atoms with Crippen molar-refractivity contribution in [2.24, 2.45) is 0 Å². The standard InChI is InChI=1S/C15H17FN2/c1-18(10-8-15-7-2-3-9-17-15)12-13-5-4-6-14(16)11-13/h2-7,9,11H,8,10,12H2,1H3. The van der Waals surface area contributed by atoms with Crippen molar-refractivity contribution in [1.82, 2.24) is 9.88 Å². The number of halogens is 1. The van der Waals surface area contributed by atoms with E-state index in [4.69, 9.17) is 0 Å². The summed E-state index contributed by atoms with van der Waals surface area (Å²) in [6, 6.07) is 12.7. The first-order valence-corrected chi connectivity index (χ1v) is 6.07. The highest BCUT2D eigenvalue weighted by Crippen LogP contribution is 2.06. The summed E-state index contributed by atoms with van der Waals surface area (Å²) in [6.45, 7) is 1.66. The summed E-state index contributed by atoms with van der Waals surface area (Å²) in [7, 11) is 2.04. The summed E-state index contributed by atoms with van der Waals surface area (Å²) in [4.78, 5) is 6.46. The molecule has 0 aliphatic rings. The molecule has 0 bridgehead atoms. The minimum Gasteiger partial charge on any atom is -0.302 e. The zero-order chi connectivity index (χ0) is 12.8. The van der Waals surface area contributed by atoms with E-state index in [9.17, 15) is 4.39 Å². The van der Waals surface area contributed by atoms with E-state index in [1.807, 2.05) is 37.5 Å². The van der Waals surface area contributed by atoms with Crippen LogP contribution in [0.4, 0.5) is 4.39 Å². The summed E-state index contributed by atoms with van der Waals surface area (Å²) in [5, 5.41) is 0. The van der Waals surface area contributed by atoms with Crippen LogP contribution in [0.5, 0.6) is 0 Å². The molecule has 0 amide bonds. The minimum absolute atomic E-state index is 0.175. The second kappa shape index (κ2) is 6.26. The van der Waals surface area contributed by atoms with E-state index < -0.39 is 0 Å². The second-order valence-corrected chi connectivity index (χ2v) is 4.44. The van der Waals surface area contributed by atoms with Gasteiger partial charge in [0.15, 0.2) is 0 Å². The molecule has 2 aromatic rings. The Kier molecular flexibility index (Phi) is 4.42. The Bertz CT molecular complexity index is 485. The Labute approximate surface area is 107 Å². The van der Waals surface area contributed by atoms with Gasteiger partial charge in [-0.1, -0.05) is 18.2 Å². The number of rotatable bonds is 5. The highest BCUT2D eigenvalue weighted by atomic mass is 19.1. The van der Waals surface area contributed by atoms with Crippen molar-refractivity contribution in [1.29, 1.82) is 0 Å². The Balaban J connectivity index is 1.84. The maximum absolute atomic E-state index is 13.0. The van der Waals surface area contributed by atoms with Gasteiger partial charge in [0.1, 0.15) is 5.82 Å². The van der Waals surface area contributed by atoms with Gasteiger partial charge in [-0.25, -0.2) is 4.39 Å². The quantitative estimate of drug-likeness (QED) is 0.804. The van der Waals surface area contributed by atoms with Crippen LogP contribution < -0.4 is 0 Å². The molecule has 94 valence electrons. The van der Waals surface area contributed by atoms with Crippen LogP contribution in [0.25, 0.3) is 0 Å². The van der Waals surface area contributed by atoms with E-state index in [0.717, 1.165) is 30.8 Å². The molecule has 0 spiro atoms. The van der Waals surface area contributed by atoms with Crippen molar-refractivity contribution in [3.8, 4) is 0 Å². The number of aromatic nitrogens is 1. The molecule has 0 fully saturated rings. The molecular formula is C15H17FN2. The van der Waals surface area contributed by atoms with Crippen LogP contribution in [0.15, 0.2) is 48.7 Å². The summed E-state index contributed by atoms with van der Waals surface area (Å²) in [6.07, 6.45) is 2.72. The second-order valence-electron chi connectivity index (χ2n) is 4.44. The van der Waals surface area contributed by atoms with E-state index in [-0.39, 0.29) is 5.82 Å². The fourth-order valence-electron chi connectivity index (χ4n) is 1.88. The van der Waals surface area contributed by atoms with Crippen molar-refractivity contribution in [3.63, 3.8) is 0 Å². The molecule has 1 heterocycles. The molecule has 2 nitrogen and oxygen atoms in total. The molecular weight excluding hydrogens is 227 g/mol. The summed E-state index contributed by atoms with van der Waals surface area (Å²) in [5.74, 6) is -0.175. The van der Waals surface area contributed by atoms with E-state index >= 15 is 0 Å². The molecule has 0 radical (unpaired) electrons. The highest BCUT2D eigenvalue weighted by Gasteiger charge is 2.02. The minimum atomic E-state index is -0.175. The first-order valence-electron chi connectivity index (χ1n) is 6.07. The lowest BCUT2D eigenvalue weighted by molar-refractivity contribution is 0.329. The van der Waals surface area contributed by atoms with E-state index in [0.29, 0.717) is 0 Å². The van der Waals surface area contributed by atoms with Gasteiger partial charge in [-0.3, -0.25) is 4.98 Å². The third-order valence-corrected chi connectivity index (χ3v) is 2.82. The normalized spacial score (nSPS) is 10.8. The summed E-state index contributed by atoms with van der Waals surface area (Å²) < 4.78 is 13.0. The van der Waals surface area contributed by atoms with Crippen LogP contribution in [-0.2, 0) is 13.0 Å². The van der Waals surface area contributed by atoms with Crippen LogP contribution >= 0.6 is 0 Å². The number of hydrogen-bond acceptors (Lipinski definition) is 2. The number of likely N-dealkylation sites (N-methyl/N-ethyl adjacent to an activating group) is 1. The predicted molar refractivity (Wildman–Crippen MR) is 70.7 cm³/mol. The van der Waals surface area contributed by atoms with Gasteiger partial charge in [0.2, 0.25) is 0 Å². The lowest BCUT2D eigenvalue weighted by Crippen LogP contribution is -2.21. The summed E-state index contributed by atoms with van der Waals surface area (Å²) in [5.41, 5.74) is 2.09. The van der Waals surface area contributed by atoms with Gasteiger partial charge in [0, 0.05) is 31.4 Å². The predicted octanol–water partition coefficient (Wildman–Crippen LogP) is 2.90. The zero-order valence-electron chi connectivity index (χ0n) is 10.5. The Morgan fingerprint density at radius 2 is 2.06 bits per heavy atom. The van der Waals surface area contributed by atoms with Crippen LogP contribution in [0.3, 0.4) is 0 Å². The molecule has 0 unspecified atom stereocenters. The molecule has 18 heavy (non-hydrogen) atoms. The molecule has 0 aliphatic carbocycles. The van der Waals surface area contributed by atoms with E-state index in [1.165, 1.54) is 6.07 Å².